The highest BCUT2D eigenvalue weighted by atomic mass is 16.6. The summed E-state index contributed by atoms with van der Waals surface area (Å²) in [5.74, 6) is 0.145. The average molecular weight is 154 g/mol. The Balaban J connectivity index is 2.50. The van der Waals surface area contributed by atoms with Gasteiger partial charge in [-0.25, -0.2) is 0 Å². The van der Waals surface area contributed by atoms with Gasteiger partial charge in [0, 0.05) is 0 Å². The van der Waals surface area contributed by atoms with Gasteiger partial charge in [0.05, 0.1) is 6.10 Å². The minimum atomic E-state index is -0.450. The van der Waals surface area contributed by atoms with Crippen LogP contribution in [0.15, 0.2) is 12.7 Å². The first-order chi connectivity index (χ1) is 5.13. The number of epoxide rings is 1. The molecule has 1 heterocycles. The molecule has 0 N–H and O–H groups in total. The van der Waals surface area contributed by atoms with E-state index < -0.39 is 5.60 Å². The summed E-state index contributed by atoms with van der Waals surface area (Å²) in [5, 5.41) is 0. The number of carbonyl (C=O) groups excluding carboxylic acids is 1. The van der Waals surface area contributed by atoms with Gasteiger partial charge in [-0.05, 0) is 26.7 Å². The van der Waals surface area contributed by atoms with Crippen LogP contribution < -0.4 is 0 Å². The highest BCUT2D eigenvalue weighted by molar-refractivity contribution is 5.88. The molecule has 0 saturated carbocycles. The first-order valence-corrected chi connectivity index (χ1v) is 3.93. The second-order valence-electron chi connectivity index (χ2n) is 3.03. The highest BCUT2D eigenvalue weighted by Gasteiger charge is 2.56. The Kier molecular flexibility index (Phi) is 2.14. The maximum absolute atomic E-state index is 11.1. The van der Waals surface area contributed by atoms with Crippen LogP contribution in [0.25, 0.3) is 0 Å². The summed E-state index contributed by atoms with van der Waals surface area (Å²) >= 11 is 0. The molecule has 2 nitrogen and oxygen atoms in total. The molecule has 1 aliphatic heterocycles. The number of ether oxygens (including phenoxy) is 1. The Labute approximate surface area is 67.2 Å². The fraction of sp³-hybridized carbons (Fsp3) is 0.667. The number of Topliss-reactive ketones (excluding diaryl/α,β-unsaturated/α-hetero) is 1. The molecule has 1 aliphatic rings. The third-order valence-corrected chi connectivity index (χ3v) is 2.30. The van der Waals surface area contributed by atoms with Crippen molar-refractivity contribution in [3.05, 3.63) is 12.7 Å². The van der Waals surface area contributed by atoms with E-state index in [1.54, 1.807) is 6.92 Å². The second-order valence-corrected chi connectivity index (χ2v) is 3.03. The maximum atomic E-state index is 11.1. The molecule has 0 bridgehead atoms. The van der Waals surface area contributed by atoms with Gasteiger partial charge in [-0.3, -0.25) is 4.79 Å². The maximum Gasteiger partial charge on any atom is 0.164 e. The summed E-state index contributed by atoms with van der Waals surface area (Å²) in [6.45, 7) is 7.13. The normalized spacial score (nSPS) is 34.9. The lowest BCUT2D eigenvalue weighted by atomic mass is 9.96. The van der Waals surface area contributed by atoms with Gasteiger partial charge in [-0.15, -0.1) is 6.58 Å². The van der Waals surface area contributed by atoms with Gasteiger partial charge in [0.1, 0.15) is 0 Å². The number of hydrogen-bond donors (Lipinski definition) is 0. The monoisotopic (exact) mass is 154 g/mol. The fourth-order valence-electron chi connectivity index (χ4n) is 1.41. The molecule has 1 fully saturated rings. The molecule has 62 valence electrons. The van der Waals surface area contributed by atoms with E-state index in [2.05, 4.69) is 6.58 Å². The summed E-state index contributed by atoms with van der Waals surface area (Å²) in [6, 6.07) is 0. The highest BCUT2D eigenvalue weighted by Crippen LogP contribution is 2.41. The summed E-state index contributed by atoms with van der Waals surface area (Å²) in [6.07, 6.45) is 3.57. The Morgan fingerprint density at radius 2 is 2.36 bits per heavy atom. The predicted molar refractivity (Wildman–Crippen MR) is 43.4 cm³/mol. The summed E-state index contributed by atoms with van der Waals surface area (Å²) < 4.78 is 5.27. The van der Waals surface area contributed by atoms with E-state index in [9.17, 15) is 4.79 Å². The van der Waals surface area contributed by atoms with Crippen molar-refractivity contribution in [2.24, 2.45) is 0 Å². The van der Waals surface area contributed by atoms with Crippen molar-refractivity contribution in [1.82, 2.24) is 0 Å². The Morgan fingerprint density at radius 3 is 2.64 bits per heavy atom. The van der Waals surface area contributed by atoms with Gasteiger partial charge in [-0.2, -0.15) is 0 Å². The molecule has 1 rings (SSSR count). The predicted octanol–water partition coefficient (Wildman–Crippen LogP) is 1.70. The van der Waals surface area contributed by atoms with Gasteiger partial charge >= 0.3 is 0 Å². The molecule has 0 aromatic heterocycles. The third-order valence-electron chi connectivity index (χ3n) is 2.30. The summed E-state index contributed by atoms with van der Waals surface area (Å²) in [7, 11) is 0. The Bertz CT molecular complexity index is 186. The summed E-state index contributed by atoms with van der Waals surface area (Å²) in [4.78, 5) is 11.1. The van der Waals surface area contributed by atoms with Crippen LogP contribution in [0.1, 0.15) is 26.7 Å². The van der Waals surface area contributed by atoms with Crippen molar-refractivity contribution in [2.45, 2.75) is 38.4 Å². The van der Waals surface area contributed by atoms with E-state index in [1.165, 1.54) is 0 Å². The van der Waals surface area contributed by atoms with Crippen LogP contribution in [-0.4, -0.2) is 17.5 Å². The second kappa shape index (κ2) is 2.78. The van der Waals surface area contributed by atoms with E-state index >= 15 is 0 Å². The van der Waals surface area contributed by atoms with Gasteiger partial charge in [-0.1, -0.05) is 6.08 Å². The van der Waals surface area contributed by atoms with E-state index in [0.717, 1.165) is 12.8 Å². The first kappa shape index (κ1) is 8.47. The lowest BCUT2D eigenvalue weighted by Crippen LogP contribution is -2.23. The molecular formula is C9H14O2. The molecular weight excluding hydrogens is 140 g/mol. The lowest BCUT2D eigenvalue weighted by molar-refractivity contribution is -0.122. The van der Waals surface area contributed by atoms with Crippen molar-refractivity contribution < 1.29 is 9.53 Å². The molecule has 0 aliphatic carbocycles. The zero-order valence-electron chi connectivity index (χ0n) is 7.09. The van der Waals surface area contributed by atoms with E-state index in [-0.39, 0.29) is 11.9 Å². The zero-order valence-corrected chi connectivity index (χ0v) is 7.09. The first-order valence-electron chi connectivity index (χ1n) is 3.93. The third kappa shape index (κ3) is 1.36. The molecule has 0 radical (unpaired) electrons. The fourth-order valence-corrected chi connectivity index (χ4v) is 1.41. The molecule has 2 atom stereocenters. The SMILES string of the molecule is C=CCCC1(C(C)=O)OC1C. The van der Waals surface area contributed by atoms with Crippen LogP contribution in [0, 0.1) is 0 Å². The summed E-state index contributed by atoms with van der Waals surface area (Å²) in [5.41, 5.74) is -0.450. The number of ketones is 1. The van der Waals surface area contributed by atoms with Crippen molar-refractivity contribution in [2.75, 3.05) is 0 Å². The largest absolute Gasteiger partial charge is 0.358 e. The molecule has 0 aromatic carbocycles. The number of carbonyl (C=O) groups is 1. The number of rotatable bonds is 4. The molecule has 2 unspecified atom stereocenters. The average Bonchev–Trinajstić information content (AvgIpc) is 2.59. The van der Waals surface area contributed by atoms with Gasteiger partial charge in [0.15, 0.2) is 11.4 Å². The van der Waals surface area contributed by atoms with E-state index in [1.807, 2.05) is 13.0 Å². The van der Waals surface area contributed by atoms with Crippen LogP contribution >= 0.6 is 0 Å². The smallest absolute Gasteiger partial charge is 0.164 e. The van der Waals surface area contributed by atoms with E-state index in [0.29, 0.717) is 0 Å². The minimum Gasteiger partial charge on any atom is -0.358 e. The quantitative estimate of drug-likeness (QED) is 0.455. The molecule has 2 heteroatoms. The molecule has 1 saturated heterocycles. The van der Waals surface area contributed by atoms with Crippen LogP contribution in [0.3, 0.4) is 0 Å². The van der Waals surface area contributed by atoms with Crippen molar-refractivity contribution >= 4 is 5.78 Å². The van der Waals surface area contributed by atoms with Gasteiger partial charge in [0.2, 0.25) is 0 Å². The topological polar surface area (TPSA) is 29.6 Å². The Hall–Kier alpha value is -0.630. The van der Waals surface area contributed by atoms with Crippen LogP contribution in [-0.2, 0) is 9.53 Å². The minimum absolute atomic E-state index is 0.111. The van der Waals surface area contributed by atoms with Crippen molar-refractivity contribution in [3.63, 3.8) is 0 Å². The van der Waals surface area contributed by atoms with E-state index in [4.69, 9.17) is 4.74 Å². The molecule has 0 amide bonds. The molecule has 11 heavy (non-hydrogen) atoms. The van der Waals surface area contributed by atoms with Crippen LogP contribution in [0.2, 0.25) is 0 Å². The van der Waals surface area contributed by atoms with Gasteiger partial charge < -0.3 is 4.74 Å². The standard InChI is InChI=1S/C9H14O2/c1-4-5-6-9(7(2)10)8(3)11-9/h4,8H,1,5-6H2,2-3H3. The van der Waals surface area contributed by atoms with Gasteiger partial charge in [0.25, 0.3) is 0 Å². The molecule has 0 aromatic rings. The number of hydrogen-bond acceptors (Lipinski definition) is 2. The van der Waals surface area contributed by atoms with Crippen molar-refractivity contribution in [1.29, 1.82) is 0 Å². The zero-order chi connectivity index (χ0) is 8.48. The van der Waals surface area contributed by atoms with Crippen molar-refractivity contribution in [3.8, 4) is 0 Å². The lowest BCUT2D eigenvalue weighted by Gasteiger charge is -2.04. The molecule has 0 spiro atoms. The van der Waals surface area contributed by atoms with Crippen LogP contribution in [0.4, 0.5) is 0 Å². The Morgan fingerprint density at radius 1 is 1.82 bits per heavy atom. The number of allylic oxidation sites excluding steroid dienone is 1. The van der Waals surface area contributed by atoms with Crippen LogP contribution in [0.5, 0.6) is 0 Å².